The molecule has 0 aromatic heterocycles. The largest absolute Gasteiger partial charge is 0.390 e. The molecule has 2 rings (SSSR count). The minimum absolute atomic E-state index is 0.00942. The van der Waals surface area contributed by atoms with E-state index in [1.807, 2.05) is 30.3 Å². The molecule has 122 valence electrons. The van der Waals surface area contributed by atoms with Gasteiger partial charge in [-0.25, -0.2) is 0 Å². The van der Waals surface area contributed by atoms with Crippen molar-refractivity contribution in [2.75, 3.05) is 26.2 Å². The third kappa shape index (κ3) is 6.16. The molecule has 1 aliphatic heterocycles. The number of amides is 1. The van der Waals surface area contributed by atoms with Crippen LogP contribution in [0.2, 0.25) is 0 Å². The first-order valence-electron chi connectivity index (χ1n) is 8.34. The van der Waals surface area contributed by atoms with Gasteiger partial charge in [-0.2, -0.15) is 0 Å². The summed E-state index contributed by atoms with van der Waals surface area (Å²) < 4.78 is 0. The quantitative estimate of drug-likeness (QED) is 0.808. The van der Waals surface area contributed by atoms with Crippen LogP contribution in [0.3, 0.4) is 0 Å². The lowest BCUT2D eigenvalue weighted by Crippen LogP contribution is -2.43. The SMILES string of the molecule is CC1CCN(CC(O)CNC(=O)CCc2ccccc2)CC1. The van der Waals surface area contributed by atoms with Gasteiger partial charge in [0.25, 0.3) is 0 Å². The zero-order valence-corrected chi connectivity index (χ0v) is 13.5. The molecule has 4 heteroatoms. The molecule has 22 heavy (non-hydrogen) atoms. The number of carbonyl (C=O) groups excluding carboxylic acids is 1. The minimum atomic E-state index is -0.478. The van der Waals surface area contributed by atoms with Gasteiger partial charge in [-0.1, -0.05) is 37.3 Å². The van der Waals surface area contributed by atoms with Crippen LogP contribution in [0.4, 0.5) is 0 Å². The Bertz CT molecular complexity index is 442. The second-order valence-corrected chi connectivity index (χ2v) is 6.43. The Hall–Kier alpha value is -1.39. The molecule has 1 unspecified atom stereocenters. The van der Waals surface area contributed by atoms with Crippen molar-refractivity contribution in [2.24, 2.45) is 5.92 Å². The van der Waals surface area contributed by atoms with Crippen molar-refractivity contribution in [1.29, 1.82) is 0 Å². The summed E-state index contributed by atoms with van der Waals surface area (Å²) in [7, 11) is 0. The van der Waals surface area contributed by atoms with Gasteiger partial charge in [0.05, 0.1) is 6.10 Å². The maximum absolute atomic E-state index is 11.8. The number of aliphatic hydroxyl groups is 1. The van der Waals surface area contributed by atoms with Crippen LogP contribution in [0.5, 0.6) is 0 Å². The van der Waals surface area contributed by atoms with Crippen LogP contribution in [-0.4, -0.2) is 48.2 Å². The molecule has 1 atom stereocenters. The predicted octanol–water partition coefficient (Wildman–Crippen LogP) is 1.83. The maximum atomic E-state index is 11.8. The molecule has 4 nitrogen and oxygen atoms in total. The fourth-order valence-electron chi connectivity index (χ4n) is 2.83. The summed E-state index contributed by atoms with van der Waals surface area (Å²) in [6.45, 7) is 5.40. The molecule has 0 spiro atoms. The van der Waals surface area contributed by atoms with Crippen molar-refractivity contribution in [3.63, 3.8) is 0 Å². The van der Waals surface area contributed by atoms with E-state index in [0.29, 0.717) is 19.5 Å². The van der Waals surface area contributed by atoms with Crippen molar-refractivity contribution in [2.45, 2.75) is 38.7 Å². The summed E-state index contributed by atoms with van der Waals surface area (Å²) in [4.78, 5) is 14.1. The van der Waals surface area contributed by atoms with Crippen molar-refractivity contribution >= 4 is 5.91 Å². The summed E-state index contributed by atoms with van der Waals surface area (Å²) in [5.41, 5.74) is 1.17. The van der Waals surface area contributed by atoms with Gasteiger partial charge in [0.2, 0.25) is 5.91 Å². The number of rotatable bonds is 7. The van der Waals surface area contributed by atoms with E-state index in [9.17, 15) is 9.90 Å². The maximum Gasteiger partial charge on any atom is 0.220 e. The standard InChI is InChI=1S/C18H28N2O2/c1-15-9-11-20(12-10-15)14-17(21)13-19-18(22)8-7-16-5-3-2-4-6-16/h2-6,15,17,21H,7-14H2,1H3,(H,19,22). The molecule has 1 aromatic rings. The van der Waals surface area contributed by atoms with Crippen molar-refractivity contribution in [1.82, 2.24) is 10.2 Å². The number of aryl methyl sites for hydroxylation is 1. The number of hydrogen-bond donors (Lipinski definition) is 2. The van der Waals surface area contributed by atoms with E-state index in [4.69, 9.17) is 0 Å². The number of nitrogens with zero attached hydrogens (tertiary/aromatic N) is 1. The highest BCUT2D eigenvalue weighted by Crippen LogP contribution is 2.15. The summed E-state index contributed by atoms with van der Waals surface area (Å²) in [6, 6.07) is 9.99. The van der Waals surface area contributed by atoms with E-state index >= 15 is 0 Å². The Labute approximate surface area is 133 Å². The fraction of sp³-hybridized carbons (Fsp3) is 0.611. The highest BCUT2D eigenvalue weighted by atomic mass is 16.3. The van der Waals surface area contributed by atoms with Crippen molar-refractivity contribution in [3.8, 4) is 0 Å². The average Bonchev–Trinajstić information content (AvgIpc) is 2.54. The molecule has 1 fully saturated rings. The Morgan fingerprint density at radius 1 is 1.32 bits per heavy atom. The average molecular weight is 304 g/mol. The summed E-state index contributed by atoms with van der Waals surface area (Å²) >= 11 is 0. The lowest BCUT2D eigenvalue weighted by molar-refractivity contribution is -0.121. The number of benzene rings is 1. The molecule has 1 saturated heterocycles. The minimum Gasteiger partial charge on any atom is -0.390 e. The topological polar surface area (TPSA) is 52.6 Å². The second kappa shape index (κ2) is 8.91. The van der Waals surface area contributed by atoms with Crippen LogP contribution >= 0.6 is 0 Å². The van der Waals surface area contributed by atoms with E-state index in [2.05, 4.69) is 17.1 Å². The first kappa shape index (κ1) is 17.0. The fourth-order valence-corrected chi connectivity index (χ4v) is 2.83. The van der Waals surface area contributed by atoms with E-state index < -0.39 is 6.10 Å². The molecule has 0 saturated carbocycles. The number of aliphatic hydroxyl groups excluding tert-OH is 1. The van der Waals surface area contributed by atoms with Crippen molar-refractivity contribution < 1.29 is 9.90 Å². The van der Waals surface area contributed by atoms with Crippen LogP contribution in [-0.2, 0) is 11.2 Å². The zero-order valence-electron chi connectivity index (χ0n) is 13.5. The number of hydrogen-bond acceptors (Lipinski definition) is 3. The molecule has 0 bridgehead atoms. The van der Waals surface area contributed by atoms with Gasteiger partial charge in [0, 0.05) is 19.5 Å². The summed E-state index contributed by atoms with van der Waals surface area (Å²) in [6.07, 6.45) is 3.14. The number of likely N-dealkylation sites (tertiary alicyclic amines) is 1. The molecule has 1 amide bonds. The first-order chi connectivity index (χ1) is 10.6. The number of piperidine rings is 1. The van der Waals surface area contributed by atoms with Gasteiger partial charge in [0.1, 0.15) is 0 Å². The summed E-state index contributed by atoms with van der Waals surface area (Å²) in [5, 5.41) is 12.9. The predicted molar refractivity (Wildman–Crippen MR) is 88.6 cm³/mol. The molecule has 0 aliphatic carbocycles. The number of β-amino-alcohol motifs (C(OH)–C–C–N with tert-alkyl or cyclic N) is 1. The molecule has 1 aromatic carbocycles. The Balaban J connectivity index is 1.59. The Kier molecular flexibility index (Phi) is 6.87. The lowest BCUT2D eigenvalue weighted by atomic mass is 9.99. The normalized spacial score (nSPS) is 18.1. The Morgan fingerprint density at radius 2 is 2.00 bits per heavy atom. The van der Waals surface area contributed by atoms with Crippen LogP contribution in [0.15, 0.2) is 30.3 Å². The van der Waals surface area contributed by atoms with Gasteiger partial charge in [-0.05, 0) is 43.8 Å². The number of nitrogens with one attached hydrogen (secondary N) is 1. The third-order valence-corrected chi connectivity index (χ3v) is 4.36. The van der Waals surface area contributed by atoms with Crippen LogP contribution in [0.25, 0.3) is 0 Å². The molecular weight excluding hydrogens is 276 g/mol. The van der Waals surface area contributed by atoms with Gasteiger partial charge in [0.15, 0.2) is 0 Å². The van der Waals surface area contributed by atoms with E-state index in [0.717, 1.165) is 25.4 Å². The molecule has 1 aliphatic rings. The van der Waals surface area contributed by atoms with Gasteiger partial charge >= 0.3 is 0 Å². The monoisotopic (exact) mass is 304 g/mol. The molecule has 0 radical (unpaired) electrons. The lowest BCUT2D eigenvalue weighted by Gasteiger charge is -2.31. The van der Waals surface area contributed by atoms with E-state index in [-0.39, 0.29) is 5.91 Å². The molecule has 1 heterocycles. The summed E-state index contributed by atoms with van der Waals surface area (Å²) in [5.74, 6) is 0.807. The third-order valence-electron chi connectivity index (χ3n) is 4.36. The van der Waals surface area contributed by atoms with Crippen molar-refractivity contribution in [3.05, 3.63) is 35.9 Å². The van der Waals surface area contributed by atoms with E-state index in [1.165, 1.54) is 18.4 Å². The molecule has 2 N–H and O–H groups in total. The second-order valence-electron chi connectivity index (χ2n) is 6.43. The highest BCUT2D eigenvalue weighted by Gasteiger charge is 2.18. The van der Waals surface area contributed by atoms with Crippen LogP contribution < -0.4 is 5.32 Å². The van der Waals surface area contributed by atoms with Gasteiger partial charge in [-0.15, -0.1) is 0 Å². The van der Waals surface area contributed by atoms with Crippen LogP contribution in [0, 0.1) is 5.92 Å². The van der Waals surface area contributed by atoms with Crippen LogP contribution in [0.1, 0.15) is 31.7 Å². The first-order valence-corrected chi connectivity index (χ1v) is 8.34. The van der Waals surface area contributed by atoms with E-state index in [1.54, 1.807) is 0 Å². The zero-order chi connectivity index (χ0) is 15.8. The Morgan fingerprint density at radius 3 is 2.68 bits per heavy atom. The van der Waals surface area contributed by atoms with Gasteiger partial charge in [-0.3, -0.25) is 4.79 Å². The van der Waals surface area contributed by atoms with Gasteiger partial charge < -0.3 is 15.3 Å². The molecular formula is C18H28N2O2. The number of carbonyl (C=O) groups is 1. The highest BCUT2D eigenvalue weighted by molar-refractivity contribution is 5.76. The smallest absolute Gasteiger partial charge is 0.220 e.